The van der Waals surface area contributed by atoms with Gasteiger partial charge in [0.2, 0.25) is 5.91 Å². The molecule has 0 radical (unpaired) electrons. The maximum Gasteiger partial charge on any atom is 0.269 e. The van der Waals surface area contributed by atoms with E-state index in [-0.39, 0.29) is 17.5 Å². The number of H-pyrrole nitrogens is 1. The van der Waals surface area contributed by atoms with Crippen LogP contribution in [0.1, 0.15) is 40.5 Å². The van der Waals surface area contributed by atoms with Crippen LogP contribution in [0.25, 0.3) is 0 Å². The molecule has 0 saturated carbocycles. The molecule has 0 bridgehead atoms. The van der Waals surface area contributed by atoms with E-state index >= 15 is 0 Å². The fraction of sp³-hybridized carbons (Fsp3) is 0.353. The van der Waals surface area contributed by atoms with Gasteiger partial charge in [-0.1, -0.05) is 29.8 Å². The molecule has 7 heteroatoms. The Morgan fingerprint density at radius 1 is 1.29 bits per heavy atom. The molecule has 1 saturated heterocycles. The highest BCUT2D eigenvalue weighted by atomic mass is 35.5. The number of aromatic amines is 1. The highest BCUT2D eigenvalue weighted by Gasteiger charge is 2.25. The molecule has 1 fully saturated rings. The minimum absolute atomic E-state index is 0.0870. The first kappa shape index (κ1) is 16.5. The molecule has 6 nitrogen and oxygen atoms in total. The zero-order valence-electron chi connectivity index (χ0n) is 13.2. The lowest BCUT2D eigenvalue weighted by Crippen LogP contribution is -2.38. The number of piperidine rings is 1. The Labute approximate surface area is 145 Å². The third-order valence-electron chi connectivity index (χ3n) is 4.44. The largest absolute Gasteiger partial charge is 0.364 e. The van der Waals surface area contributed by atoms with Crippen molar-refractivity contribution in [3.05, 3.63) is 52.3 Å². The van der Waals surface area contributed by atoms with Crippen LogP contribution in [0.15, 0.2) is 30.3 Å². The number of nitrogens with zero attached hydrogens (tertiary/aromatic N) is 2. The molecule has 24 heavy (non-hydrogen) atoms. The number of amides is 2. The van der Waals surface area contributed by atoms with Gasteiger partial charge in [0.25, 0.3) is 5.91 Å². The van der Waals surface area contributed by atoms with Crippen LogP contribution in [0.3, 0.4) is 0 Å². The summed E-state index contributed by atoms with van der Waals surface area (Å²) < 4.78 is 0. The number of benzene rings is 1. The van der Waals surface area contributed by atoms with Crippen molar-refractivity contribution in [2.24, 2.45) is 5.73 Å². The maximum absolute atomic E-state index is 12.4. The summed E-state index contributed by atoms with van der Waals surface area (Å²) in [5.74, 6) is -0.191. The Morgan fingerprint density at radius 2 is 2.00 bits per heavy atom. The van der Waals surface area contributed by atoms with Gasteiger partial charge >= 0.3 is 0 Å². The fourth-order valence-corrected chi connectivity index (χ4v) is 3.23. The van der Waals surface area contributed by atoms with E-state index in [9.17, 15) is 9.59 Å². The van der Waals surface area contributed by atoms with E-state index in [4.69, 9.17) is 17.3 Å². The monoisotopic (exact) mass is 346 g/mol. The first-order valence-electron chi connectivity index (χ1n) is 7.91. The van der Waals surface area contributed by atoms with Gasteiger partial charge in [-0.3, -0.25) is 14.7 Å². The minimum Gasteiger partial charge on any atom is -0.364 e. The molecule has 2 amide bonds. The van der Waals surface area contributed by atoms with E-state index in [1.807, 2.05) is 23.1 Å². The molecule has 1 aromatic heterocycles. The summed E-state index contributed by atoms with van der Waals surface area (Å²) in [4.78, 5) is 25.4. The number of hydrogen-bond acceptors (Lipinski definition) is 3. The van der Waals surface area contributed by atoms with Gasteiger partial charge in [0.15, 0.2) is 0 Å². The van der Waals surface area contributed by atoms with E-state index in [1.54, 1.807) is 12.1 Å². The first-order valence-corrected chi connectivity index (χ1v) is 8.28. The van der Waals surface area contributed by atoms with Crippen LogP contribution < -0.4 is 5.73 Å². The molecule has 0 unspecified atom stereocenters. The highest BCUT2D eigenvalue weighted by molar-refractivity contribution is 6.31. The number of likely N-dealkylation sites (tertiary alicyclic amines) is 1. The summed E-state index contributed by atoms with van der Waals surface area (Å²) in [6.45, 7) is 1.36. The molecule has 126 valence electrons. The number of primary amides is 1. The molecule has 1 aliphatic rings. The van der Waals surface area contributed by atoms with Crippen LogP contribution in [-0.2, 0) is 11.2 Å². The van der Waals surface area contributed by atoms with Crippen LogP contribution in [0.2, 0.25) is 5.02 Å². The number of rotatable bonds is 4. The standard InChI is InChI=1S/C17H19ClN4O2/c18-13-4-2-1-3-12(13)9-16(23)22-7-5-11(6-8-22)14-10-15(17(19)24)21-20-14/h1-4,10-11H,5-9H2,(H2,19,24)(H,20,21). The van der Waals surface area contributed by atoms with Crippen molar-refractivity contribution in [2.75, 3.05) is 13.1 Å². The third-order valence-corrected chi connectivity index (χ3v) is 4.81. The summed E-state index contributed by atoms with van der Waals surface area (Å²) >= 11 is 6.12. The Morgan fingerprint density at radius 3 is 2.62 bits per heavy atom. The molecule has 2 aromatic rings. The number of aromatic nitrogens is 2. The van der Waals surface area contributed by atoms with Crippen LogP contribution in [-0.4, -0.2) is 40.0 Å². The molecule has 3 rings (SSSR count). The highest BCUT2D eigenvalue weighted by Crippen LogP contribution is 2.27. The number of nitrogens with two attached hydrogens (primary N) is 1. The predicted octanol–water partition coefficient (Wildman–Crippen LogP) is 2.11. The SMILES string of the molecule is NC(=O)c1cc(C2CCN(C(=O)Cc3ccccc3Cl)CC2)[nH]n1. The minimum atomic E-state index is -0.537. The number of nitrogens with one attached hydrogen (secondary N) is 1. The molecule has 0 atom stereocenters. The van der Waals surface area contributed by atoms with Gasteiger partial charge in [0.05, 0.1) is 6.42 Å². The molecule has 0 spiro atoms. The van der Waals surface area contributed by atoms with E-state index in [1.165, 1.54) is 0 Å². The van der Waals surface area contributed by atoms with Crippen molar-refractivity contribution in [3.8, 4) is 0 Å². The van der Waals surface area contributed by atoms with Crippen molar-refractivity contribution < 1.29 is 9.59 Å². The van der Waals surface area contributed by atoms with Crippen LogP contribution in [0.5, 0.6) is 0 Å². The summed E-state index contributed by atoms with van der Waals surface area (Å²) in [6.07, 6.45) is 1.98. The van der Waals surface area contributed by atoms with Crippen LogP contribution in [0.4, 0.5) is 0 Å². The summed E-state index contributed by atoms with van der Waals surface area (Å²) in [5.41, 5.74) is 7.23. The predicted molar refractivity (Wildman–Crippen MR) is 90.8 cm³/mol. The Balaban J connectivity index is 1.57. The van der Waals surface area contributed by atoms with E-state index in [0.29, 0.717) is 24.5 Å². The average molecular weight is 347 g/mol. The van der Waals surface area contributed by atoms with E-state index in [2.05, 4.69) is 10.2 Å². The summed E-state index contributed by atoms with van der Waals surface area (Å²) in [5, 5.41) is 7.41. The van der Waals surface area contributed by atoms with E-state index < -0.39 is 5.91 Å². The third kappa shape index (κ3) is 3.59. The number of carbonyl (C=O) groups is 2. The van der Waals surface area contributed by atoms with Crippen LogP contribution in [0, 0.1) is 0 Å². The molecular formula is C17H19ClN4O2. The normalized spacial score (nSPS) is 15.5. The van der Waals surface area contributed by atoms with Gasteiger partial charge in [-0.05, 0) is 30.5 Å². The molecule has 1 aromatic carbocycles. The average Bonchev–Trinajstić information content (AvgIpc) is 3.07. The molecular weight excluding hydrogens is 328 g/mol. The van der Waals surface area contributed by atoms with Gasteiger partial charge in [-0.2, -0.15) is 5.10 Å². The fourth-order valence-electron chi connectivity index (χ4n) is 3.03. The lowest BCUT2D eigenvalue weighted by Gasteiger charge is -2.31. The van der Waals surface area contributed by atoms with Crippen LogP contribution >= 0.6 is 11.6 Å². The maximum atomic E-state index is 12.4. The summed E-state index contributed by atoms with van der Waals surface area (Å²) in [7, 11) is 0. The Hall–Kier alpha value is -2.34. The number of halogens is 1. The smallest absolute Gasteiger partial charge is 0.269 e. The zero-order chi connectivity index (χ0) is 17.1. The zero-order valence-corrected chi connectivity index (χ0v) is 13.9. The number of hydrogen-bond donors (Lipinski definition) is 2. The molecule has 3 N–H and O–H groups in total. The topological polar surface area (TPSA) is 92.1 Å². The summed E-state index contributed by atoms with van der Waals surface area (Å²) in [6, 6.07) is 9.12. The second-order valence-electron chi connectivity index (χ2n) is 6.00. The van der Waals surface area contributed by atoms with Gasteiger partial charge in [0.1, 0.15) is 5.69 Å². The van der Waals surface area contributed by atoms with Crippen molar-refractivity contribution in [1.29, 1.82) is 0 Å². The van der Waals surface area contributed by atoms with E-state index in [0.717, 1.165) is 24.1 Å². The van der Waals surface area contributed by atoms with Crippen molar-refractivity contribution >= 4 is 23.4 Å². The lowest BCUT2D eigenvalue weighted by molar-refractivity contribution is -0.131. The van der Waals surface area contributed by atoms with Crippen molar-refractivity contribution in [2.45, 2.75) is 25.2 Å². The van der Waals surface area contributed by atoms with Crippen molar-refractivity contribution in [1.82, 2.24) is 15.1 Å². The van der Waals surface area contributed by atoms with Gasteiger partial charge in [-0.15, -0.1) is 0 Å². The number of carbonyl (C=O) groups excluding carboxylic acids is 2. The lowest BCUT2D eigenvalue weighted by atomic mass is 9.93. The second-order valence-corrected chi connectivity index (χ2v) is 6.40. The second kappa shape index (κ2) is 7.05. The first-order chi connectivity index (χ1) is 11.5. The van der Waals surface area contributed by atoms with Gasteiger partial charge < -0.3 is 10.6 Å². The van der Waals surface area contributed by atoms with Crippen molar-refractivity contribution in [3.63, 3.8) is 0 Å². The van der Waals surface area contributed by atoms with Gasteiger partial charge in [0, 0.05) is 29.7 Å². The molecule has 1 aliphatic heterocycles. The quantitative estimate of drug-likeness (QED) is 0.888. The Bertz CT molecular complexity index is 751. The Kier molecular flexibility index (Phi) is 4.85. The molecule has 0 aliphatic carbocycles. The molecule has 2 heterocycles. The van der Waals surface area contributed by atoms with Gasteiger partial charge in [-0.25, -0.2) is 0 Å².